The molecule has 0 saturated carbocycles. The molecule has 0 aliphatic rings. The number of hydrogen-bond acceptors (Lipinski definition) is 3. The van der Waals surface area contributed by atoms with Crippen LogP contribution in [0.3, 0.4) is 0 Å². The van der Waals surface area contributed by atoms with Crippen molar-refractivity contribution in [2.75, 3.05) is 0 Å². The van der Waals surface area contributed by atoms with Crippen LogP contribution in [0.1, 0.15) is 80.1 Å². The molecule has 0 aliphatic carbocycles. The molecule has 0 aliphatic heterocycles. The Morgan fingerprint density at radius 1 is 0.780 bits per heavy atom. The van der Waals surface area contributed by atoms with E-state index in [1.165, 1.54) is 40.7 Å². The Morgan fingerprint density at radius 2 is 1.51 bits per heavy atom. The Kier molecular flexibility index (Phi) is 13.0. The topological polar surface area (TPSA) is 43.9 Å². The number of aryl methyl sites for hydroxylation is 5. The molecule has 1 atom stereocenters. The molecule has 6 heteroatoms. The van der Waals surface area contributed by atoms with Gasteiger partial charge in [-0.15, -0.1) is 17.7 Å². The summed E-state index contributed by atoms with van der Waals surface area (Å²) < 4.78 is 10.4. The van der Waals surface area contributed by atoms with Crippen LogP contribution in [-0.4, -0.2) is 27.8 Å². The van der Waals surface area contributed by atoms with Gasteiger partial charge in [0.25, 0.3) is 0 Å². The van der Waals surface area contributed by atoms with Crippen LogP contribution < -0.4 is 4.40 Å². The first kappa shape index (κ1) is 44.3. The van der Waals surface area contributed by atoms with Crippen LogP contribution in [-0.2, 0) is 31.9 Å². The number of nitrogens with zero attached hydrogens (tertiary/aromatic N) is 3. The normalized spacial score (nSPS) is 12.4. The minimum Gasteiger partial charge on any atom is -0.486 e. The maximum absolute atomic E-state index is 6.55. The first-order valence-electron chi connectivity index (χ1n) is 20.8. The van der Waals surface area contributed by atoms with Gasteiger partial charge < -0.3 is 8.98 Å². The number of pyridine rings is 1. The summed E-state index contributed by atoms with van der Waals surface area (Å²) in [6.45, 7) is 21.9. The van der Waals surface area contributed by atoms with E-state index in [2.05, 4.69) is 176 Å². The van der Waals surface area contributed by atoms with Crippen molar-refractivity contribution in [1.29, 1.82) is 0 Å². The van der Waals surface area contributed by atoms with Gasteiger partial charge in [-0.25, -0.2) is 4.98 Å². The van der Waals surface area contributed by atoms with Gasteiger partial charge in [-0.2, -0.15) is 0 Å². The van der Waals surface area contributed by atoms with Crippen molar-refractivity contribution in [1.82, 2.24) is 14.5 Å². The quantitative estimate of drug-likeness (QED) is 0.118. The Labute approximate surface area is 368 Å². The molecule has 8 rings (SSSR count). The molecule has 0 fully saturated rings. The largest absolute Gasteiger partial charge is 3.00 e. The van der Waals surface area contributed by atoms with Crippen LogP contribution in [0, 0.1) is 58.7 Å². The second-order valence-electron chi connectivity index (χ2n) is 18.5. The van der Waals surface area contributed by atoms with E-state index in [-0.39, 0.29) is 25.5 Å². The number of rotatable bonds is 7. The molecular formula is C53H58GeIrN3O. The fourth-order valence-corrected chi connectivity index (χ4v) is 11.6. The van der Waals surface area contributed by atoms with Gasteiger partial charge in [-0.05, 0) is 68.7 Å². The van der Waals surface area contributed by atoms with Crippen LogP contribution in [0.15, 0.2) is 89.3 Å². The molecule has 3 heterocycles. The summed E-state index contributed by atoms with van der Waals surface area (Å²) >= 11 is -1.84. The zero-order valence-electron chi connectivity index (χ0n) is 37.2. The van der Waals surface area contributed by atoms with Gasteiger partial charge >= 0.3 is 153 Å². The summed E-state index contributed by atoms with van der Waals surface area (Å²) in [5.74, 6) is 8.98. The standard InChI is InChI=1S/C33H32N3O.C20H26Ge.Ir/c1-18-9-13-25-26(17-18)36(29-21(4)15-19(2)16-22(29)5)31(34-25)24-11-10-20(3)28-23-12-14-27(33(6,7)8)35-32(23)37-30(24)28;1-6-16(2)14-19-15-18(17-10-8-7-9-11-17)12-13-20(19)21(3,4)5;/h9-10,12-17H,1-8H3;7-10,13,15-16H,6,14H2,1-5H3;/q-1;-2;+3. The van der Waals surface area contributed by atoms with Crippen LogP contribution in [0.25, 0.3) is 61.3 Å². The maximum atomic E-state index is 6.55. The van der Waals surface area contributed by atoms with Crippen LogP contribution in [0.2, 0.25) is 17.3 Å². The third kappa shape index (κ3) is 9.09. The third-order valence-electron chi connectivity index (χ3n) is 11.4. The molecule has 8 aromatic rings. The van der Waals surface area contributed by atoms with E-state index in [0.717, 1.165) is 67.2 Å². The van der Waals surface area contributed by atoms with Crippen molar-refractivity contribution in [3.63, 3.8) is 0 Å². The zero-order valence-corrected chi connectivity index (χ0v) is 41.7. The SMILES string of the molecule is CCC(C)Cc1cc(-c2[c-]cccc2)[c-]c[c]1[Ge]([CH3])([CH3])[CH3].Cc1cc(C)c(-n2c(-c3[c-]cc(C)c4c3oc3nc(C(C)(C)C)ccc34)nc3ccc(C)cc32)c(C)c1.[Ir+3]. The Balaban J connectivity index is 0.000000227. The number of aromatic nitrogens is 3. The molecule has 0 N–H and O–H groups in total. The summed E-state index contributed by atoms with van der Waals surface area (Å²) in [5, 5.41) is 2.10. The van der Waals surface area contributed by atoms with Gasteiger partial charge in [0.2, 0.25) is 5.71 Å². The second kappa shape index (κ2) is 17.4. The van der Waals surface area contributed by atoms with E-state index in [1.807, 2.05) is 18.2 Å². The first-order valence-corrected chi connectivity index (χ1v) is 28.1. The second-order valence-corrected chi connectivity index (χ2v) is 29.1. The van der Waals surface area contributed by atoms with E-state index >= 15 is 0 Å². The number of benzene rings is 5. The van der Waals surface area contributed by atoms with E-state index in [1.54, 1.807) is 9.96 Å². The van der Waals surface area contributed by atoms with Gasteiger partial charge in [-0.3, -0.25) is 4.98 Å². The predicted molar refractivity (Wildman–Crippen MR) is 248 cm³/mol. The minimum absolute atomic E-state index is 0. The first-order chi connectivity index (χ1) is 27.4. The minimum atomic E-state index is -1.84. The average molecular weight is 1020 g/mol. The molecule has 0 bridgehead atoms. The molecule has 0 radical (unpaired) electrons. The Bertz CT molecular complexity index is 2760. The van der Waals surface area contributed by atoms with E-state index in [0.29, 0.717) is 5.71 Å². The Hall–Kier alpha value is -4.29. The Morgan fingerprint density at radius 3 is 2.15 bits per heavy atom. The molecule has 0 saturated heterocycles. The average Bonchev–Trinajstić information content (AvgIpc) is 3.73. The summed E-state index contributed by atoms with van der Waals surface area (Å²) in [6.07, 6.45) is 2.42. The van der Waals surface area contributed by atoms with Gasteiger partial charge in [0, 0.05) is 22.2 Å². The van der Waals surface area contributed by atoms with E-state index in [9.17, 15) is 0 Å². The smallest absolute Gasteiger partial charge is 0.486 e. The summed E-state index contributed by atoms with van der Waals surface area (Å²) in [7, 11) is 0. The molecule has 0 spiro atoms. The summed E-state index contributed by atoms with van der Waals surface area (Å²) in [4.78, 5) is 10.1. The monoisotopic (exact) mass is 1020 g/mol. The fraction of sp³-hybridized carbons (Fsp3) is 0.321. The van der Waals surface area contributed by atoms with Gasteiger partial charge in [0.05, 0.1) is 22.4 Å². The van der Waals surface area contributed by atoms with E-state index < -0.39 is 13.3 Å². The van der Waals surface area contributed by atoms with Crippen molar-refractivity contribution in [2.45, 2.75) is 105 Å². The number of fused-ring (bicyclic) bond motifs is 4. The molecule has 4 nitrogen and oxygen atoms in total. The zero-order chi connectivity index (χ0) is 41.7. The van der Waals surface area contributed by atoms with Crippen LogP contribution in [0.4, 0.5) is 0 Å². The predicted octanol–water partition coefficient (Wildman–Crippen LogP) is 13.7. The van der Waals surface area contributed by atoms with Gasteiger partial charge in [-0.1, -0.05) is 62.4 Å². The van der Waals surface area contributed by atoms with Crippen molar-refractivity contribution in [3.05, 3.63) is 142 Å². The molecular weight excluding hydrogens is 959 g/mol. The van der Waals surface area contributed by atoms with Crippen LogP contribution in [0.5, 0.6) is 0 Å². The van der Waals surface area contributed by atoms with E-state index in [4.69, 9.17) is 14.4 Å². The summed E-state index contributed by atoms with van der Waals surface area (Å²) in [6, 6.07) is 40.4. The van der Waals surface area contributed by atoms with Crippen molar-refractivity contribution < 1.29 is 24.5 Å². The van der Waals surface area contributed by atoms with Gasteiger partial charge in [0.15, 0.2) is 0 Å². The van der Waals surface area contributed by atoms with Crippen molar-refractivity contribution >= 4 is 50.8 Å². The fourth-order valence-electron chi connectivity index (χ4n) is 8.19. The number of imidazole rings is 1. The van der Waals surface area contributed by atoms with Crippen LogP contribution >= 0.6 is 0 Å². The van der Waals surface area contributed by atoms with Crippen molar-refractivity contribution in [3.8, 4) is 28.2 Å². The van der Waals surface area contributed by atoms with Gasteiger partial charge in [0.1, 0.15) is 0 Å². The molecule has 1 unspecified atom stereocenters. The number of furan rings is 1. The van der Waals surface area contributed by atoms with Crippen molar-refractivity contribution in [2.24, 2.45) is 5.92 Å². The molecule has 5 aromatic carbocycles. The number of hydrogen-bond donors (Lipinski definition) is 0. The summed E-state index contributed by atoms with van der Waals surface area (Å²) in [5.41, 5.74) is 16.3. The molecule has 59 heavy (non-hydrogen) atoms. The molecule has 3 aromatic heterocycles. The third-order valence-corrected chi connectivity index (χ3v) is 15.7. The maximum Gasteiger partial charge on any atom is 3.00 e. The molecule has 0 amide bonds. The molecule has 304 valence electrons.